The number of hydrogen-bond donors (Lipinski definition) is 0. The number of ether oxygens (including phenoxy) is 2. The first-order valence-corrected chi connectivity index (χ1v) is 12.6. The quantitative estimate of drug-likeness (QED) is 0.302. The zero-order valence-corrected chi connectivity index (χ0v) is 20.5. The van der Waals surface area contributed by atoms with Gasteiger partial charge >= 0.3 is 11.9 Å². The lowest BCUT2D eigenvalue weighted by molar-refractivity contribution is -0.166. The first-order chi connectivity index (χ1) is 16.3. The largest absolute Gasteiger partial charge is 0.462 e. The second-order valence-corrected chi connectivity index (χ2v) is 10.8. The molecule has 5 rings (SSSR count). The smallest absolute Gasteiger partial charge is 0.310 e. The molecule has 34 heavy (non-hydrogen) atoms. The van der Waals surface area contributed by atoms with E-state index in [4.69, 9.17) is 9.47 Å². The van der Waals surface area contributed by atoms with E-state index in [1.54, 1.807) is 0 Å². The Morgan fingerprint density at radius 2 is 1.68 bits per heavy atom. The third-order valence-electron chi connectivity index (χ3n) is 8.17. The van der Waals surface area contributed by atoms with Crippen LogP contribution in [-0.2, 0) is 24.7 Å². The van der Waals surface area contributed by atoms with Gasteiger partial charge in [-0.05, 0) is 84.5 Å². The lowest BCUT2D eigenvalue weighted by atomic mass is 9.86. The summed E-state index contributed by atoms with van der Waals surface area (Å²) in [4.78, 5) is 25.4. The molecular weight excluding hydrogens is 424 g/mol. The van der Waals surface area contributed by atoms with Gasteiger partial charge in [0.05, 0.1) is 11.8 Å². The number of fused-ring (bicyclic) bond motifs is 5. The number of benzene rings is 3. The molecule has 0 saturated heterocycles. The molecule has 3 aromatic rings. The zero-order valence-electron chi connectivity index (χ0n) is 20.5. The van der Waals surface area contributed by atoms with Crippen molar-refractivity contribution in [3.05, 3.63) is 60.2 Å². The van der Waals surface area contributed by atoms with Crippen molar-refractivity contribution in [1.29, 1.82) is 0 Å². The second kappa shape index (κ2) is 8.72. The Labute approximate surface area is 201 Å². The third-order valence-corrected chi connectivity index (χ3v) is 8.17. The van der Waals surface area contributed by atoms with E-state index in [1.807, 2.05) is 27.7 Å². The van der Waals surface area contributed by atoms with E-state index in [1.165, 1.54) is 16.2 Å². The van der Waals surface area contributed by atoms with Crippen LogP contribution < -0.4 is 0 Å². The summed E-state index contributed by atoms with van der Waals surface area (Å²) < 4.78 is 11.9. The normalized spacial score (nSPS) is 24.9. The molecule has 0 N–H and O–H groups in total. The molecule has 0 radical (unpaired) electrons. The lowest BCUT2D eigenvalue weighted by Gasteiger charge is -2.31. The van der Waals surface area contributed by atoms with Crippen molar-refractivity contribution in [2.45, 2.75) is 65.1 Å². The van der Waals surface area contributed by atoms with E-state index in [2.05, 4.69) is 54.6 Å². The molecule has 0 spiro atoms. The van der Waals surface area contributed by atoms with E-state index in [-0.39, 0.29) is 41.7 Å². The standard InChI is InChI=1S/C30H34O4/c1-5-18(2)28(31)33-27-17-21-14-22(27)16-26(21)29(32)34-30(3,4)23-12-13-25-20(15-23)11-10-19-8-6-7-9-24(19)25/h6-13,15,18,21-22,26-27H,5,14,16-17H2,1-4H3. The van der Waals surface area contributed by atoms with Gasteiger partial charge in [-0.1, -0.05) is 62.4 Å². The molecule has 2 aliphatic rings. The fraction of sp³-hybridized carbons (Fsp3) is 0.467. The summed E-state index contributed by atoms with van der Waals surface area (Å²) in [6, 6.07) is 19.0. The van der Waals surface area contributed by atoms with Crippen LogP contribution in [0.5, 0.6) is 0 Å². The Morgan fingerprint density at radius 3 is 2.41 bits per heavy atom. The topological polar surface area (TPSA) is 52.6 Å². The van der Waals surface area contributed by atoms with Crippen molar-refractivity contribution in [1.82, 2.24) is 0 Å². The van der Waals surface area contributed by atoms with E-state index in [0.29, 0.717) is 0 Å². The van der Waals surface area contributed by atoms with Crippen LogP contribution in [0.2, 0.25) is 0 Å². The average Bonchev–Trinajstić information content (AvgIpc) is 3.43. The first kappa shape index (κ1) is 22.9. The molecule has 5 unspecified atom stereocenters. The van der Waals surface area contributed by atoms with Gasteiger partial charge in [0.15, 0.2) is 0 Å². The molecule has 0 amide bonds. The Morgan fingerprint density at radius 1 is 0.941 bits per heavy atom. The fourth-order valence-electron chi connectivity index (χ4n) is 5.86. The summed E-state index contributed by atoms with van der Waals surface area (Å²) in [5.74, 6) is 0.110. The molecule has 5 atom stereocenters. The van der Waals surface area contributed by atoms with Crippen LogP contribution in [0.3, 0.4) is 0 Å². The first-order valence-electron chi connectivity index (χ1n) is 12.6. The zero-order chi connectivity index (χ0) is 24.0. The number of esters is 2. The summed E-state index contributed by atoms with van der Waals surface area (Å²) >= 11 is 0. The minimum Gasteiger partial charge on any atom is -0.462 e. The van der Waals surface area contributed by atoms with Crippen molar-refractivity contribution in [2.24, 2.45) is 23.7 Å². The SMILES string of the molecule is CCC(C)C(=O)OC1CC2CC1CC2C(=O)OC(C)(C)c1ccc2c(ccc3ccccc32)c1. The van der Waals surface area contributed by atoms with Crippen LogP contribution in [0.4, 0.5) is 0 Å². The molecule has 3 aromatic carbocycles. The minimum atomic E-state index is -0.721. The van der Waals surface area contributed by atoms with Crippen LogP contribution in [0.15, 0.2) is 54.6 Å². The van der Waals surface area contributed by atoms with E-state index >= 15 is 0 Å². The third kappa shape index (κ3) is 4.08. The second-order valence-electron chi connectivity index (χ2n) is 10.8. The van der Waals surface area contributed by atoms with Crippen LogP contribution >= 0.6 is 0 Å². The summed E-state index contributed by atoms with van der Waals surface area (Å²) in [7, 11) is 0. The number of hydrogen-bond acceptors (Lipinski definition) is 4. The molecule has 0 heterocycles. The number of rotatable bonds is 6. The monoisotopic (exact) mass is 458 g/mol. The molecule has 2 aliphatic carbocycles. The lowest BCUT2D eigenvalue weighted by Crippen LogP contribution is -2.35. The van der Waals surface area contributed by atoms with Crippen molar-refractivity contribution in [2.75, 3.05) is 0 Å². The molecule has 178 valence electrons. The van der Waals surface area contributed by atoms with Crippen LogP contribution in [0.25, 0.3) is 21.5 Å². The maximum absolute atomic E-state index is 13.2. The van der Waals surface area contributed by atoms with Gasteiger partial charge in [0.1, 0.15) is 11.7 Å². The molecule has 4 nitrogen and oxygen atoms in total. The predicted octanol–water partition coefficient (Wildman–Crippen LogP) is 6.78. The van der Waals surface area contributed by atoms with Gasteiger partial charge in [0, 0.05) is 0 Å². The predicted molar refractivity (Wildman–Crippen MR) is 134 cm³/mol. The maximum Gasteiger partial charge on any atom is 0.310 e. The summed E-state index contributed by atoms with van der Waals surface area (Å²) in [5.41, 5.74) is 0.272. The Hall–Kier alpha value is -2.88. The molecule has 0 aromatic heterocycles. The summed E-state index contributed by atoms with van der Waals surface area (Å²) in [6.07, 6.45) is 3.22. The van der Waals surface area contributed by atoms with Gasteiger partial charge in [-0.3, -0.25) is 9.59 Å². The molecule has 2 saturated carbocycles. The molecular formula is C30H34O4. The molecule has 2 bridgehead atoms. The van der Waals surface area contributed by atoms with Crippen molar-refractivity contribution < 1.29 is 19.1 Å². The van der Waals surface area contributed by atoms with Crippen molar-refractivity contribution in [3.63, 3.8) is 0 Å². The summed E-state index contributed by atoms with van der Waals surface area (Å²) in [6.45, 7) is 7.85. The van der Waals surface area contributed by atoms with Crippen molar-refractivity contribution >= 4 is 33.5 Å². The van der Waals surface area contributed by atoms with Gasteiger partial charge in [-0.25, -0.2) is 0 Å². The average molecular weight is 459 g/mol. The van der Waals surface area contributed by atoms with Crippen LogP contribution in [0.1, 0.15) is 58.9 Å². The maximum atomic E-state index is 13.2. The molecule has 4 heteroatoms. The Bertz CT molecular complexity index is 1240. The number of carbonyl (C=O) groups is 2. The highest BCUT2D eigenvalue weighted by Gasteiger charge is 2.51. The van der Waals surface area contributed by atoms with Gasteiger partial charge in [-0.15, -0.1) is 0 Å². The van der Waals surface area contributed by atoms with E-state index in [0.717, 1.165) is 36.6 Å². The van der Waals surface area contributed by atoms with E-state index < -0.39 is 5.60 Å². The van der Waals surface area contributed by atoms with Gasteiger partial charge in [0.25, 0.3) is 0 Å². The Balaban J connectivity index is 1.27. The summed E-state index contributed by atoms with van der Waals surface area (Å²) in [5, 5.41) is 4.80. The highest BCUT2D eigenvalue weighted by Crippen LogP contribution is 2.51. The van der Waals surface area contributed by atoms with Gasteiger partial charge < -0.3 is 9.47 Å². The van der Waals surface area contributed by atoms with Gasteiger partial charge in [0.2, 0.25) is 0 Å². The van der Waals surface area contributed by atoms with Crippen LogP contribution in [0, 0.1) is 23.7 Å². The van der Waals surface area contributed by atoms with Crippen molar-refractivity contribution in [3.8, 4) is 0 Å². The number of carbonyl (C=O) groups excluding carboxylic acids is 2. The molecule has 2 fully saturated rings. The van der Waals surface area contributed by atoms with E-state index in [9.17, 15) is 9.59 Å². The van der Waals surface area contributed by atoms with Gasteiger partial charge in [-0.2, -0.15) is 0 Å². The molecule has 0 aliphatic heterocycles. The van der Waals surface area contributed by atoms with Crippen LogP contribution in [-0.4, -0.2) is 18.0 Å². The minimum absolute atomic E-state index is 0.0427. The Kier molecular flexibility index (Phi) is 5.87. The fourth-order valence-corrected chi connectivity index (χ4v) is 5.86. The highest BCUT2D eigenvalue weighted by atomic mass is 16.6. The highest BCUT2D eigenvalue weighted by molar-refractivity contribution is 6.07.